The van der Waals surface area contributed by atoms with Crippen LogP contribution >= 0.6 is 11.8 Å². The molecular weight excluding hydrogens is 444 g/mol. The summed E-state index contributed by atoms with van der Waals surface area (Å²) in [4.78, 5) is 17.0. The molecule has 4 rings (SSSR count). The highest BCUT2D eigenvalue weighted by molar-refractivity contribution is 7.99. The van der Waals surface area contributed by atoms with Crippen LogP contribution in [0.1, 0.15) is 0 Å². The molecule has 162 valence electrons. The van der Waals surface area contributed by atoms with E-state index in [1.807, 2.05) is 65.2 Å². The second kappa shape index (κ2) is 9.39. The number of benzene rings is 3. The Morgan fingerprint density at radius 2 is 1.56 bits per heavy atom. The molecule has 3 N–H and O–H groups in total. The van der Waals surface area contributed by atoms with Crippen molar-refractivity contribution in [2.24, 2.45) is 5.14 Å². The molecule has 0 unspecified atom stereocenters. The molecule has 0 fully saturated rings. The van der Waals surface area contributed by atoms with Crippen molar-refractivity contribution in [3.05, 3.63) is 91.1 Å². The summed E-state index contributed by atoms with van der Waals surface area (Å²) in [5.74, 6) is -0.100. The van der Waals surface area contributed by atoms with Crippen LogP contribution < -0.4 is 10.5 Å². The maximum atomic E-state index is 12.5. The molecule has 0 saturated heterocycles. The lowest BCUT2D eigenvalue weighted by molar-refractivity contribution is -0.113. The Bertz CT molecular complexity index is 1320. The smallest absolute Gasteiger partial charge is 0.238 e. The summed E-state index contributed by atoms with van der Waals surface area (Å²) >= 11 is 1.32. The first-order chi connectivity index (χ1) is 15.4. The molecule has 9 heteroatoms. The molecule has 0 bridgehead atoms. The number of carbonyl (C=O) groups is 1. The minimum Gasteiger partial charge on any atom is -0.325 e. The molecule has 0 spiro atoms. The van der Waals surface area contributed by atoms with E-state index in [4.69, 9.17) is 5.14 Å². The molecule has 7 nitrogen and oxygen atoms in total. The topological polar surface area (TPSA) is 107 Å². The van der Waals surface area contributed by atoms with E-state index in [-0.39, 0.29) is 16.6 Å². The Hall–Kier alpha value is -3.40. The van der Waals surface area contributed by atoms with Crippen molar-refractivity contribution in [3.63, 3.8) is 0 Å². The van der Waals surface area contributed by atoms with Crippen LogP contribution in [-0.4, -0.2) is 29.6 Å². The van der Waals surface area contributed by atoms with Crippen LogP contribution in [0.4, 0.5) is 5.69 Å². The van der Waals surface area contributed by atoms with Gasteiger partial charge in [0.15, 0.2) is 5.16 Å². The number of para-hydroxylation sites is 1. The van der Waals surface area contributed by atoms with Crippen molar-refractivity contribution in [1.82, 2.24) is 9.55 Å². The summed E-state index contributed by atoms with van der Waals surface area (Å²) in [6.45, 7) is 0. The number of sulfonamides is 1. The Morgan fingerprint density at radius 1 is 0.938 bits per heavy atom. The zero-order valence-electron chi connectivity index (χ0n) is 16.9. The second-order valence-corrected chi connectivity index (χ2v) is 9.37. The molecule has 32 heavy (non-hydrogen) atoms. The predicted octanol–water partition coefficient (Wildman–Crippen LogP) is 3.92. The van der Waals surface area contributed by atoms with Gasteiger partial charge in [0.05, 0.1) is 22.5 Å². The monoisotopic (exact) mass is 464 g/mol. The minimum absolute atomic E-state index is 0.0109. The quantitative estimate of drug-likeness (QED) is 0.403. The van der Waals surface area contributed by atoms with Crippen molar-refractivity contribution in [2.45, 2.75) is 10.1 Å². The zero-order chi connectivity index (χ0) is 22.6. The highest BCUT2D eigenvalue weighted by Crippen LogP contribution is 2.29. The Labute approximate surface area is 190 Å². The van der Waals surface area contributed by atoms with Crippen molar-refractivity contribution in [3.8, 4) is 16.9 Å². The Morgan fingerprint density at radius 3 is 2.19 bits per heavy atom. The fraction of sp³-hybridized carbons (Fsp3) is 0.0435. The van der Waals surface area contributed by atoms with Gasteiger partial charge in [-0.1, -0.05) is 60.3 Å². The predicted molar refractivity (Wildman–Crippen MR) is 126 cm³/mol. The molecule has 1 amide bonds. The summed E-state index contributed by atoms with van der Waals surface area (Å²) in [5, 5.41) is 8.54. The maximum absolute atomic E-state index is 12.5. The highest BCUT2D eigenvalue weighted by atomic mass is 32.2. The van der Waals surface area contributed by atoms with Crippen LogP contribution in [0.25, 0.3) is 16.9 Å². The van der Waals surface area contributed by atoms with Gasteiger partial charge in [-0.15, -0.1) is 0 Å². The van der Waals surface area contributed by atoms with E-state index in [2.05, 4.69) is 10.3 Å². The van der Waals surface area contributed by atoms with Gasteiger partial charge in [0.25, 0.3) is 0 Å². The number of amides is 1. The number of hydrogen-bond acceptors (Lipinski definition) is 5. The van der Waals surface area contributed by atoms with Gasteiger partial charge >= 0.3 is 0 Å². The Balaban J connectivity index is 1.52. The number of nitrogens with zero attached hydrogens (tertiary/aromatic N) is 2. The number of carbonyl (C=O) groups excluding carboxylic acids is 1. The van der Waals surface area contributed by atoms with E-state index in [1.54, 1.807) is 6.20 Å². The summed E-state index contributed by atoms with van der Waals surface area (Å²) in [6.07, 6.45) is 1.80. The third-order valence-electron chi connectivity index (χ3n) is 4.61. The number of anilines is 1. The fourth-order valence-corrected chi connectivity index (χ4v) is 4.44. The highest BCUT2D eigenvalue weighted by Gasteiger charge is 2.15. The molecule has 0 atom stereocenters. The third kappa shape index (κ3) is 5.08. The Kier molecular flexibility index (Phi) is 6.40. The van der Waals surface area contributed by atoms with Gasteiger partial charge in [0, 0.05) is 16.9 Å². The standard InChI is InChI=1S/C23H20N4O3S2/c24-32(29,30)20-13-11-18(12-14-20)26-22(28)16-31-23-25-15-21(17-7-3-1-4-8-17)27(23)19-9-5-2-6-10-19/h1-15H,16H2,(H,26,28)(H2,24,29,30). The first kappa shape index (κ1) is 21.8. The number of nitrogens with two attached hydrogens (primary N) is 1. The van der Waals surface area contributed by atoms with Crippen molar-refractivity contribution in [2.75, 3.05) is 11.1 Å². The molecule has 0 radical (unpaired) electrons. The van der Waals surface area contributed by atoms with Gasteiger partial charge in [0.2, 0.25) is 15.9 Å². The molecule has 0 aliphatic heterocycles. The number of rotatable bonds is 7. The molecule has 1 heterocycles. The first-order valence-electron chi connectivity index (χ1n) is 9.66. The fourth-order valence-electron chi connectivity index (χ4n) is 3.13. The van der Waals surface area contributed by atoms with Gasteiger partial charge in [-0.2, -0.15) is 0 Å². The van der Waals surface area contributed by atoms with Crippen LogP contribution in [0.15, 0.2) is 101 Å². The summed E-state index contributed by atoms with van der Waals surface area (Å²) in [5.41, 5.74) is 3.39. The second-order valence-electron chi connectivity index (χ2n) is 6.87. The van der Waals surface area contributed by atoms with Crippen LogP contribution in [0, 0.1) is 0 Å². The summed E-state index contributed by atoms with van der Waals surface area (Å²) in [6, 6.07) is 25.5. The van der Waals surface area contributed by atoms with Crippen LogP contribution in [0.2, 0.25) is 0 Å². The molecule has 3 aromatic carbocycles. The maximum Gasteiger partial charge on any atom is 0.238 e. The van der Waals surface area contributed by atoms with Crippen molar-refractivity contribution < 1.29 is 13.2 Å². The number of imidazole rings is 1. The average molecular weight is 465 g/mol. The normalized spacial score (nSPS) is 11.3. The van der Waals surface area contributed by atoms with Gasteiger partial charge in [-0.05, 0) is 36.4 Å². The molecular formula is C23H20N4O3S2. The molecule has 1 aromatic heterocycles. The third-order valence-corrected chi connectivity index (χ3v) is 6.49. The zero-order valence-corrected chi connectivity index (χ0v) is 18.5. The van der Waals surface area contributed by atoms with Gasteiger partial charge in [-0.3, -0.25) is 9.36 Å². The lowest BCUT2D eigenvalue weighted by Crippen LogP contribution is -2.15. The number of nitrogens with one attached hydrogen (secondary N) is 1. The molecule has 4 aromatic rings. The summed E-state index contributed by atoms with van der Waals surface area (Å²) in [7, 11) is -3.77. The number of primary sulfonamides is 1. The van der Waals surface area contributed by atoms with E-state index in [0.717, 1.165) is 16.9 Å². The van der Waals surface area contributed by atoms with Gasteiger partial charge < -0.3 is 5.32 Å². The lowest BCUT2D eigenvalue weighted by Gasteiger charge is -2.12. The summed E-state index contributed by atoms with van der Waals surface area (Å²) < 4.78 is 24.7. The van der Waals surface area contributed by atoms with E-state index in [0.29, 0.717) is 10.8 Å². The number of aromatic nitrogens is 2. The van der Waals surface area contributed by atoms with Gasteiger partial charge in [0.1, 0.15) is 0 Å². The van der Waals surface area contributed by atoms with Crippen LogP contribution in [0.3, 0.4) is 0 Å². The van der Waals surface area contributed by atoms with Crippen molar-refractivity contribution >= 4 is 33.4 Å². The first-order valence-corrected chi connectivity index (χ1v) is 12.2. The van der Waals surface area contributed by atoms with E-state index in [1.165, 1.54) is 36.0 Å². The van der Waals surface area contributed by atoms with E-state index < -0.39 is 10.0 Å². The van der Waals surface area contributed by atoms with E-state index in [9.17, 15) is 13.2 Å². The average Bonchev–Trinajstić information content (AvgIpc) is 3.23. The van der Waals surface area contributed by atoms with Gasteiger partial charge in [-0.25, -0.2) is 18.5 Å². The molecule has 0 saturated carbocycles. The number of hydrogen-bond donors (Lipinski definition) is 2. The SMILES string of the molecule is NS(=O)(=O)c1ccc(NC(=O)CSc2ncc(-c3ccccc3)n2-c2ccccc2)cc1. The minimum atomic E-state index is -3.77. The van der Waals surface area contributed by atoms with Crippen LogP contribution in [-0.2, 0) is 14.8 Å². The van der Waals surface area contributed by atoms with E-state index >= 15 is 0 Å². The lowest BCUT2D eigenvalue weighted by atomic mass is 10.1. The molecule has 0 aliphatic rings. The largest absolute Gasteiger partial charge is 0.325 e. The van der Waals surface area contributed by atoms with Crippen LogP contribution in [0.5, 0.6) is 0 Å². The number of thioether (sulfide) groups is 1. The molecule has 0 aliphatic carbocycles. The van der Waals surface area contributed by atoms with Crippen molar-refractivity contribution in [1.29, 1.82) is 0 Å².